The highest BCUT2D eigenvalue weighted by Crippen LogP contribution is 2.23. The number of nitrogens with two attached hydrogens (primary N) is 1. The molecule has 1 aromatic carbocycles. The smallest absolute Gasteiger partial charge is 0.221 e. The number of hydrogen-bond donors (Lipinski definition) is 1. The summed E-state index contributed by atoms with van der Waals surface area (Å²) in [5, 5.41) is 4.36. The Hall–Kier alpha value is -2.89. The molecule has 0 radical (unpaired) electrons. The van der Waals surface area contributed by atoms with E-state index in [2.05, 4.69) is 15.1 Å². The Kier molecular flexibility index (Phi) is 3.27. The summed E-state index contributed by atoms with van der Waals surface area (Å²) in [7, 11) is 1.59. The molecule has 0 aliphatic rings. The summed E-state index contributed by atoms with van der Waals surface area (Å²) in [6, 6.07) is 7.66. The predicted octanol–water partition coefficient (Wildman–Crippen LogP) is 2.23. The van der Waals surface area contributed by atoms with Gasteiger partial charge in [0.1, 0.15) is 6.33 Å². The van der Waals surface area contributed by atoms with E-state index >= 15 is 0 Å². The normalized spacial score (nSPS) is 10.6. The van der Waals surface area contributed by atoms with Crippen LogP contribution in [-0.4, -0.2) is 26.9 Å². The molecule has 0 saturated carbocycles. The number of ether oxygens (including phenoxy) is 1. The van der Waals surface area contributed by atoms with E-state index in [0.29, 0.717) is 11.7 Å². The Morgan fingerprint density at radius 2 is 1.86 bits per heavy atom. The Morgan fingerprint density at radius 3 is 2.57 bits per heavy atom. The molecule has 0 atom stereocenters. The number of nitrogen functional groups attached to an aromatic ring is 1. The topological polar surface area (TPSA) is 78.9 Å². The number of anilines is 1. The molecule has 0 saturated heterocycles. The Balaban J connectivity index is 2.00. The van der Waals surface area contributed by atoms with Gasteiger partial charge in [-0.05, 0) is 24.6 Å². The fraction of sp³-hybridized carbons (Fsp3) is 0.133. The van der Waals surface area contributed by atoms with E-state index < -0.39 is 0 Å². The van der Waals surface area contributed by atoms with Crippen LogP contribution in [-0.2, 0) is 0 Å². The van der Waals surface area contributed by atoms with Gasteiger partial charge >= 0.3 is 0 Å². The van der Waals surface area contributed by atoms with Crippen molar-refractivity contribution in [2.75, 3.05) is 12.8 Å². The van der Waals surface area contributed by atoms with E-state index in [1.54, 1.807) is 18.0 Å². The molecule has 2 heterocycles. The highest BCUT2D eigenvalue weighted by Gasteiger charge is 2.11. The van der Waals surface area contributed by atoms with Crippen molar-refractivity contribution in [2.45, 2.75) is 6.92 Å². The number of hydrogen-bond acceptors (Lipinski definition) is 5. The number of methoxy groups -OCH3 is 1. The maximum absolute atomic E-state index is 5.70. The molecule has 0 unspecified atom stereocenters. The van der Waals surface area contributed by atoms with Gasteiger partial charge in [-0.15, -0.1) is 0 Å². The van der Waals surface area contributed by atoms with Gasteiger partial charge in [-0.2, -0.15) is 5.10 Å². The second kappa shape index (κ2) is 5.24. The average molecular weight is 281 g/mol. The Morgan fingerprint density at radius 1 is 1.10 bits per heavy atom. The van der Waals surface area contributed by atoms with Crippen LogP contribution in [0.25, 0.3) is 16.9 Å². The first-order valence-corrected chi connectivity index (χ1v) is 6.45. The molecule has 0 aliphatic heterocycles. The van der Waals surface area contributed by atoms with E-state index in [0.717, 1.165) is 22.4 Å². The fourth-order valence-corrected chi connectivity index (χ4v) is 2.13. The van der Waals surface area contributed by atoms with Crippen LogP contribution < -0.4 is 10.5 Å². The average Bonchev–Trinajstić information content (AvgIpc) is 2.98. The second-order valence-corrected chi connectivity index (χ2v) is 4.63. The van der Waals surface area contributed by atoms with E-state index in [9.17, 15) is 0 Å². The van der Waals surface area contributed by atoms with Crippen LogP contribution >= 0.6 is 0 Å². The monoisotopic (exact) mass is 281 g/mol. The molecule has 0 spiro atoms. The van der Waals surface area contributed by atoms with Crippen LogP contribution in [0.15, 0.2) is 43.0 Å². The second-order valence-electron chi connectivity index (χ2n) is 4.63. The molecule has 106 valence electrons. The summed E-state index contributed by atoms with van der Waals surface area (Å²) >= 11 is 0. The zero-order valence-corrected chi connectivity index (χ0v) is 11.8. The lowest BCUT2D eigenvalue weighted by molar-refractivity contribution is 0.392. The predicted molar refractivity (Wildman–Crippen MR) is 80.3 cm³/mol. The maximum Gasteiger partial charge on any atom is 0.221 e. The van der Waals surface area contributed by atoms with Gasteiger partial charge in [-0.3, -0.25) is 0 Å². The molecular formula is C15H15N5O. The highest BCUT2D eigenvalue weighted by atomic mass is 16.5. The van der Waals surface area contributed by atoms with E-state index in [1.165, 1.54) is 6.33 Å². The molecule has 6 nitrogen and oxygen atoms in total. The molecule has 2 N–H and O–H groups in total. The summed E-state index contributed by atoms with van der Waals surface area (Å²) in [5.74, 6) is 1.24. The lowest BCUT2D eigenvalue weighted by atomic mass is 10.1. The Labute approximate surface area is 122 Å². The lowest BCUT2D eigenvalue weighted by Gasteiger charge is -2.07. The van der Waals surface area contributed by atoms with Crippen molar-refractivity contribution < 1.29 is 4.74 Å². The largest absolute Gasteiger partial charge is 0.481 e. The van der Waals surface area contributed by atoms with Gasteiger partial charge in [0, 0.05) is 17.4 Å². The number of rotatable bonds is 3. The minimum atomic E-state index is 0.546. The first-order chi connectivity index (χ1) is 10.2. The summed E-state index contributed by atoms with van der Waals surface area (Å²) < 4.78 is 6.92. The zero-order valence-electron chi connectivity index (χ0n) is 11.8. The molecule has 2 aromatic heterocycles. The van der Waals surface area contributed by atoms with Crippen LogP contribution in [0.3, 0.4) is 0 Å². The van der Waals surface area contributed by atoms with Gasteiger partial charge in [-0.25, -0.2) is 14.6 Å². The van der Waals surface area contributed by atoms with Gasteiger partial charge in [0.25, 0.3) is 0 Å². The van der Waals surface area contributed by atoms with Crippen molar-refractivity contribution in [3.05, 3.63) is 48.5 Å². The van der Waals surface area contributed by atoms with Crippen LogP contribution in [0, 0.1) is 6.92 Å². The van der Waals surface area contributed by atoms with Gasteiger partial charge in [-0.1, -0.05) is 12.1 Å². The zero-order chi connectivity index (χ0) is 14.8. The summed E-state index contributed by atoms with van der Waals surface area (Å²) in [5.41, 5.74) is 9.32. The molecule has 0 aliphatic carbocycles. The van der Waals surface area contributed by atoms with Gasteiger partial charge < -0.3 is 10.5 Å². The maximum atomic E-state index is 5.70. The third kappa shape index (κ3) is 2.43. The SMILES string of the molecule is COc1ncnc(-n2cc(-c3ccc(N)cc3)cn2)c1C. The minimum Gasteiger partial charge on any atom is -0.481 e. The molecule has 6 heteroatoms. The van der Waals surface area contributed by atoms with Crippen molar-refractivity contribution in [2.24, 2.45) is 0 Å². The van der Waals surface area contributed by atoms with E-state index in [4.69, 9.17) is 10.5 Å². The fourth-order valence-electron chi connectivity index (χ4n) is 2.13. The summed E-state index contributed by atoms with van der Waals surface area (Å²) in [4.78, 5) is 8.34. The Bertz CT molecular complexity index is 764. The quantitative estimate of drug-likeness (QED) is 0.745. The highest BCUT2D eigenvalue weighted by molar-refractivity contribution is 5.64. The van der Waals surface area contributed by atoms with Crippen LogP contribution in [0.2, 0.25) is 0 Å². The van der Waals surface area contributed by atoms with Crippen molar-refractivity contribution in [1.82, 2.24) is 19.7 Å². The van der Waals surface area contributed by atoms with Crippen LogP contribution in [0.1, 0.15) is 5.56 Å². The number of aromatic nitrogens is 4. The molecule has 0 bridgehead atoms. The van der Waals surface area contributed by atoms with Crippen LogP contribution in [0.5, 0.6) is 5.88 Å². The van der Waals surface area contributed by atoms with Crippen molar-refractivity contribution in [3.8, 4) is 22.8 Å². The lowest BCUT2D eigenvalue weighted by Crippen LogP contribution is -2.03. The first-order valence-electron chi connectivity index (χ1n) is 6.45. The van der Waals surface area contributed by atoms with Crippen molar-refractivity contribution >= 4 is 5.69 Å². The summed E-state index contributed by atoms with van der Waals surface area (Å²) in [6.07, 6.45) is 5.17. The molecule has 3 aromatic rings. The minimum absolute atomic E-state index is 0.546. The molecule has 21 heavy (non-hydrogen) atoms. The molecule has 0 amide bonds. The van der Waals surface area contributed by atoms with E-state index in [1.807, 2.05) is 37.4 Å². The third-order valence-electron chi connectivity index (χ3n) is 3.25. The standard InChI is InChI=1S/C15H15N5O/c1-10-14(17-9-18-15(10)21-2)20-8-12(7-19-20)11-3-5-13(16)6-4-11/h3-9H,16H2,1-2H3. The van der Waals surface area contributed by atoms with Gasteiger partial charge in [0.05, 0.1) is 18.9 Å². The van der Waals surface area contributed by atoms with E-state index in [-0.39, 0.29) is 0 Å². The van der Waals surface area contributed by atoms with Gasteiger partial charge in [0.2, 0.25) is 5.88 Å². The molecule has 0 fully saturated rings. The summed E-state index contributed by atoms with van der Waals surface area (Å²) in [6.45, 7) is 1.90. The molecular weight excluding hydrogens is 266 g/mol. The van der Waals surface area contributed by atoms with Crippen molar-refractivity contribution in [1.29, 1.82) is 0 Å². The first kappa shape index (κ1) is 13.1. The third-order valence-corrected chi connectivity index (χ3v) is 3.25. The molecule has 3 rings (SSSR count). The number of benzene rings is 1. The van der Waals surface area contributed by atoms with Crippen molar-refractivity contribution in [3.63, 3.8) is 0 Å². The number of nitrogens with zero attached hydrogens (tertiary/aromatic N) is 4. The van der Waals surface area contributed by atoms with Gasteiger partial charge in [0.15, 0.2) is 5.82 Å². The van der Waals surface area contributed by atoms with Crippen LogP contribution in [0.4, 0.5) is 5.69 Å².